The number of hydrogen-bond donors (Lipinski definition) is 0. The molecule has 1 fully saturated rings. The van der Waals surface area contributed by atoms with Crippen LogP contribution in [-0.4, -0.2) is 12.2 Å². The summed E-state index contributed by atoms with van der Waals surface area (Å²) in [4.78, 5) is 0. The third-order valence-electron chi connectivity index (χ3n) is 11.8. The van der Waals surface area contributed by atoms with Gasteiger partial charge in [-0.2, -0.15) is 132 Å². The average molecular weight is 1120 g/mol. The summed E-state index contributed by atoms with van der Waals surface area (Å²) < 4.78 is 349. The third kappa shape index (κ3) is 13.7. The number of nitrogens with zero attached hydrogens (tertiary/aromatic N) is 1. The lowest BCUT2D eigenvalue weighted by molar-refractivity contribution is -0.689. The number of halogens is 24. The Kier molecular flexibility index (Phi) is 15.9. The van der Waals surface area contributed by atoms with E-state index in [1.54, 1.807) is 11.3 Å². The van der Waals surface area contributed by atoms with Crippen LogP contribution >= 0.6 is 11.3 Å². The van der Waals surface area contributed by atoms with Gasteiger partial charge in [0.25, 0.3) is 0 Å². The predicted molar refractivity (Wildman–Crippen MR) is 223 cm³/mol. The molecule has 1 saturated carbocycles. The molecule has 1 aliphatic rings. The second-order valence-corrected chi connectivity index (χ2v) is 17.9. The molecule has 6 aromatic rings. The highest BCUT2D eigenvalue weighted by Gasteiger charge is 2.47. The zero-order chi connectivity index (χ0) is 56.1. The van der Waals surface area contributed by atoms with Gasteiger partial charge >= 0.3 is 54.6 Å². The van der Waals surface area contributed by atoms with E-state index in [-0.39, 0.29) is 0 Å². The summed E-state index contributed by atoms with van der Waals surface area (Å²) in [5.74, 6) is 0. The van der Waals surface area contributed by atoms with E-state index < -0.39 is 195 Å². The van der Waals surface area contributed by atoms with Crippen LogP contribution in [0.15, 0.2) is 115 Å². The Labute approximate surface area is 411 Å². The van der Waals surface area contributed by atoms with Crippen molar-refractivity contribution in [3.05, 3.63) is 165 Å². The first-order chi connectivity index (χ1) is 34.2. The third-order valence-corrected chi connectivity index (χ3v) is 12.6. The fourth-order valence-electron chi connectivity index (χ4n) is 8.50. The number of ether oxygens (including phenoxy) is 1. The monoisotopic (exact) mass is 1120 g/mol. The highest BCUT2D eigenvalue weighted by atomic mass is 32.1. The minimum Gasteiger partial charge on any atom is -0.433 e. The lowest BCUT2D eigenvalue weighted by Crippen LogP contribution is -2.75. The first-order valence-electron chi connectivity index (χ1n) is 21.2. The first-order valence-corrected chi connectivity index (χ1v) is 22.1. The standard InChI is InChI=1S/C32H12BF24.C15H18NOS/c34-25(35,36)13-1-14(26(37,38)39)6-21(5-13)33(22-7-15(27(40,41)42)2-16(8-22)28(43,44)45,23-9-17(29(46,47)48)3-18(10-23)30(49,50)51)24-11-19(31(52,53)54)4-20(12-24)32(55,56)57;1-2-6-13(7-3-1)12-16-10-11-18-15(16)17-14-8-4-5-9-14/h1-12H;1-3,6-7,10-11,14H,4-5,8-9,12H2/q-1;+1. The molecule has 75 heavy (non-hydrogen) atoms. The SMILES string of the molecule is FC(F)(F)c1cc([B-](c2cc(C(F)(F)F)cc(C(F)(F)F)c2)(c2cc(C(F)(F)F)cc(C(F)(F)F)c2)c2cc(C(F)(F)F)cc(C(F)(F)F)c2)cc(C(F)(F)F)c1.c1ccc(C[n+]2ccsc2OC2CCCC2)cc1. The largest absolute Gasteiger partial charge is 0.433 e. The molecule has 0 bridgehead atoms. The number of alkyl halides is 24. The molecule has 7 rings (SSSR count). The van der Waals surface area contributed by atoms with Crippen LogP contribution in [0, 0.1) is 0 Å². The maximum atomic E-state index is 14.2. The molecule has 1 aromatic heterocycles. The van der Waals surface area contributed by atoms with Gasteiger partial charge in [0, 0.05) is 5.56 Å². The zero-order valence-electron chi connectivity index (χ0n) is 37.0. The fraction of sp³-hybridized carbons (Fsp3) is 0.298. The summed E-state index contributed by atoms with van der Waals surface area (Å²) >= 11 is 1.70. The molecule has 0 amide bonds. The molecule has 5 aromatic carbocycles. The van der Waals surface area contributed by atoms with Crippen molar-refractivity contribution < 1.29 is 115 Å². The number of hydrogen-bond acceptors (Lipinski definition) is 2. The summed E-state index contributed by atoms with van der Waals surface area (Å²) in [6.07, 6.45) is -47.2. The van der Waals surface area contributed by atoms with Crippen molar-refractivity contribution >= 4 is 39.3 Å². The van der Waals surface area contributed by atoms with Gasteiger partial charge in [-0.3, -0.25) is 0 Å². The molecule has 0 atom stereocenters. The van der Waals surface area contributed by atoms with Crippen LogP contribution in [0.3, 0.4) is 0 Å². The Hall–Kier alpha value is -6.09. The van der Waals surface area contributed by atoms with E-state index >= 15 is 0 Å². The van der Waals surface area contributed by atoms with E-state index in [0.29, 0.717) is 6.10 Å². The summed E-state index contributed by atoms with van der Waals surface area (Å²) in [5, 5.41) is 3.15. The maximum Gasteiger partial charge on any atom is 0.430 e. The van der Waals surface area contributed by atoms with Crippen molar-refractivity contribution in [3.63, 3.8) is 0 Å². The molecule has 0 unspecified atom stereocenters. The topological polar surface area (TPSA) is 13.1 Å². The van der Waals surface area contributed by atoms with Crippen LogP contribution in [0.25, 0.3) is 0 Å². The minimum atomic E-state index is -6.13. The van der Waals surface area contributed by atoms with Gasteiger partial charge in [0.05, 0.1) is 49.9 Å². The van der Waals surface area contributed by atoms with Gasteiger partial charge in [0.2, 0.25) is 0 Å². The summed E-state index contributed by atoms with van der Waals surface area (Å²) in [5.41, 5.74) is -28.9. The van der Waals surface area contributed by atoms with Gasteiger partial charge in [-0.25, -0.2) is 0 Å². The molecule has 0 spiro atoms. The van der Waals surface area contributed by atoms with E-state index in [9.17, 15) is 105 Å². The van der Waals surface area contributed by atoms with E-state index in [4.69, 9.17) is 4.74 Å². The molecule has 1 heterocycles. The number of thiazole rings is 1. The molecule has 1 aliphatic carbocycles. The molecular weight excluding hydrogens is 1090 g/mol. The molecule has 28 heteroatoms. The van der Waals surface area contributed by atoms with Gasteiger partial charge in [-0.05, 0) is 61.3 Å². The van der Waals surface area contributed by atoms with Gasteiger partial charge in [-0.15, -0.1) is 0 Å². The van der Waals surface area contributed by atoms with Crippen molar-refractivity contribution in [2.75, 3.05) is 0 Å². The van der Waals surface area contributed by atoms with Crippen LogP contribution in [0.2, 0.25) is 0 Å². The highest BCUT2D eigenvalue weighted by Crippen LogP contribution is 2.41. The van der Waals surface area contributed by atoms with Crippen molar-refractivity contribution in [2.24, 2.45) is 0 Å². The lowest BCUT2D eigenvalue weighted by Gasteiger charge is -2.46. The van der Waals surface area contributed by atoms with E-state index in [1.807, 2.05) is 0 Å². The van der Waals surface area contributed by atoms with Gasteiger partial charge in [0.15, 0.2) is 12.7 Å². The van der Waals surface area contributed by atoms with Crippen LogP contribution in [0.5, 0.6) is 5.19 Å². The van der Waals surface area contributed by atoms with Gasteiger partial charge in [0.1, 0.15) is 12.2 Å². The summed E-state index contributed by atoms with van der Waals surface area (Å²) in [6.45, 7) is 0.895. The normalized spacial score (nSPS) is 14.7. The Morgan fingerprint density at radius 2 is 0.667 bits per heavy atom. The smallest absolute Gasteiger partial charge is 0.430 e. The van der Waals surface area contributed by atoms with E-state index in [2.05, 4.69) is 46.5 Å². The van der Waals surface area contributed by atoms with E-state index in [1.165, 1.54) is 31.2 Å². The van der Waals surface area contributed by atoms with Crippen molar-refractivity contribution in [1.82, 2.24) is 0 Å². The lowest BCUT2D eigenvalue weighted by atomic mass is 9.12. The number of rotatable bonds is 8. The molecule has 0 N–H and O–H groups in total. The minimum absolute atomic E-state index is 0.436. The Morgan fingerprint density at radius 1 is 0.400 bits per heavy atom. The molecular formula is C47H30BF24NOS. The Bertz CT molecular complexity index is 2520. The van der Waals surface area contributed by atoms with Crippen LogP contribution in [-0.2, 0) is 56.0 Å². The van der Waals surface area contributed by atoms with E-state index in [0.717, 1.165) is 11.7 Å². The van der Waals surface area contributed by atoms with Crippen molar-refractivity contribution in [3.8, 4) is 5.19 Å². The zero-order valence-corrected chi connectivity index (χ0v) is 37.8. The molecule has 406 valence electrons. The average Bonchev–Trinajstić information content (AvgIpc) is 3.97. The summed E-state index contributed by atoms with van der Waals surface area (Å²) in [7, 11) is 0. The highest BCUT2D eigenvalue weighted by molar-refractivity contribution is 7.20. The van der Waals surface area contributed by atoms with Crippen molar-refractivity contribution in [1.29, 1.82) is 0 Å². The molecule has 0 saturated heterocycles. The number of aromatic nitrogens is 1. The van der Waals surface area contributed by atoms with Crippen LogP contribution < -0.4 is 31.2 Å². The van der Waals surface area contributed by atoms with Gasteiger partial charge < -0.3 is 4.74 Å². The van der Waals surface area contributed by atoms with Crippen LogP contribution in [0.1, 0.15) is 75.8 Å². The first kappa shape index (κ1) is 58.2. The Balaban J connectivity index is 0.000000421. The second kappa shape index (κ2) is 20.5. The molecule has 0 aliphatic heterocycles. The van der Waals surface area contributed by atoms with Gasteiger partial charge in [-0.1, -0.05) is 78.9 Å². The Morgan fingerprint density at radius 3 is 0.920 bits per heavy atom. The molecule has 0 radical (unpaired) electrons. The van der Waals surface area contributed by atoms with Crippen molar-refractivity contribution in [2.45, 2.75) is 87.7 Å². The summed E-state index contributed by atoms with van der Waals surface area (Å²) in [6, 6.07) is 1.72. The van der Waals surface area contributed by atoms with Crippen LogP contribution in [0.4, 0.5) is 105 Å². The fourth-order valence-corrected chi connectivity index (χ4v) is 9.28. The molecule has 2 nitrogen and oxygen atoms in total. The number of benzene rings is 5. The maximum absolute atomic E-state index is 14.2. The quantitative estimate of drug-likeness (QED) is 0.0841. The second-order valence-electron chi connectivity index (χ2n) is 17.0. The predicted octanol–water partition coefficient (Wildman–Crippen LogP) is 14.6.